The number of nitrogens with one attached hydrogen (secondary N) is 1. The molecule has 0 saturated heterocycles. The second kappa shape index (κ2) is 8.19. The van der Waals surface area contributed by atoms with Gasteiger partial charge in [0.2, 0.25) is 5.88 Å². The Hall–Kier alpha value is -3.72. The number of sulfonamides is 1. The molecule has 0 unspecified atom stereocenters. The average molecular weight is 436 g/mol. The molecule has 0 spiro atoms. The number of anilines is 1. The highest BCUT2D eigenvalue weighted by Crippen LogP contribution is 2.24. The predicted octanol–water partition coefficient (Wildman–Crippen LogP) is 4.18. The summed E-state index contributed by atoms with van der Waals surface area (Å²) in [6.07, 6.45) is 3.12. The molecule has 9 heteroatoms. The van der Waals surface area contributed by atoms with Gasteiger partial charge >= 0.3 is 0 Å². The summed E-state index contributed by atoms with van der Waals surface area (Å²) in [5, 5.41) is 0. The van der Waals surface area contributed by atoms with Gasteiger partial charge in [-0.1, -0.05) is 12.1 Å². The smallest absolute Gasteiger partial charge is 0.261 e. The van der Waals surface area contributed by atoms with Crippen molar-refractivity contribution >= 4 is 15.7 Å². The minimum absolute atomic E-state index is 0.214. The van der Waals surface area contributed by atoms with Gasteiger partial charge in [0.25, 0.3) is 10.0 Å². The largest absolute Gasteiger partial charge is 0.439 e. The van der Waals surface area contributed by atoms with Crippen LogP contribution in [0, 0.1) is 20.8 Å². The third-order valence-corrected chi connectivity index (χ3v) is 6.13. The Morgan fingerprint density at radius 1 is 0.935 bits per heavy atom. The second-order valence-corrected chi connectivity index (χ2v) is 8.73. The van der Waals surface area contributed by atoms with Gasteiger partial charge < -0.3 is 4.74 Å². The Kier molecular flexibility index (Phi) is 5.43. The molecule has 4 aromatic rings. The Morgan fingerprint density at radius 3 is 2.39 bits per heavy atom. The molecule has 0 aliphatic carbocycles. The van der Waals surface area contributed by atoms with E-state index in [0.717, 1.165) is 17.0 Å². The van der Waals surface area contributed by atoms with Crippen molar-refractivity contribution in [1.29, 1.82) is 0 Å². The van der Waals surface area contributed by atoms with Crippen LogP contribution >= 0.6 is 0 Å². The molecule has 31 heavy (non-hydrogen) atoms. The number of nitrogens with zero attached hydrogens (tertiary/aromatic N) is 4. The number of imidazole rings is 1. The normalized spacial score (nSPS) is 11.3. The van der Waals surface area contributed by atoms with Crippen LogP contribution in [0.4, 0.5) is 5.69 Å². The van der Waals surface area contributed by atoms with E-state index >= 15 is 0 Å². The van der Waals surface area contributed by atoms with E-state index in [1.54, 1.807) is 54.9 Å². The molecule has 0 amide bonds. The molecule has 2 heterocycles. The Balaban J connectivity index is 1.49. The summed E-state index contributed by atoms with van der Waals surface area (Å²) in [6, 6.07) is 15.1. The maximum atomic E-state index is 12.6. The Morgan fingerprint density at radius 2 is 1.71 bits per heavy atom. The zero-order valence-corrected chi connectivity index (χ0v) is 18.1. The fourth-order valence-electron chi connectivity index (χ4n) is 2.96. The van der Waals surface area contributed by atoms with Gasteiger partial charge in [-0.25, -0.2) is 23.4 Å². The zero-order valence-electron chi connectivity index (χ0n) is 17.3. The van der Waals surface area contributed by atoms with E-state index in [1.807, 2.05) is 31.4 Å². The van der Waals surface area contributed by atoms with Crippen LogP contribution in [-0.2, 0) is 10.0 Å². The van der Waals surface area contributed by atoms with Gasteiger partial charge in [0.1, 0.15) is 24.2 Å². The van der Waals surface area contributed by atoms with Gasteiger partial charge in [0.05, 0.1) is 10.6 Å². The van der Waals surface area contributed by atoms with Crippen molar-refractivity contribution in [3.8, 4) is 17.4 Å². The average Bonchev–Trinajstić information content (AvgIpc) is 3.08. The molecular formula is C22H21N5O3S. The first-order valence-electron chi connectivity index (χ1n) is 9.52. The molecule has 2 aromatic carbocycles. The number of ether oxygens (including phenoxy) is 1. The van der Waals surface area contributed by atoms with Gasteiger partial charge in [-0.05, 0) is 62.7 Å². The molecule has 0 atom stereocenters. The van der Waals surface area contributed by atoms with Gasteiger partial charge in [0, 0.05) is 17.4 Å². The molecule has 0 aliphatic rings. The highest BCUT2D eigenvalue weighted by atomic mass is 32.2. The molecule has 8 nitrogen and oxygen atoms in total. The number of rotatable bonds is 6. The van der Waals surface area contributed by atoms with Crippen LogP contribution < -0.4 is 9.46 Å². The molecular weight excluding hydrogens is 414 g/mol. The first-order valence-corrected chi connectivity index (χ1v) is 11.0. The molecule has 4 rings (SSSR count). The van der Waals surface area contributed by atoms with Crippen LogP contribution in [0.25, 0.3) is 5.82 Å². The van der Waals surface area contributed by atoms with Crippen molar-refractivity contribution in [2.45, 2.75) is 25.7 Å². The molecule has 0 fully saturated rings. The number of hydrogen-bond donors (Lipinski definition) is 1. The van der Waals surface area contributed by atoms with Crippen molar-refractivity contribution in [2.24, 2.45) is 0 Å². The fraction of sp³-hybridized carbons (Fsp3) is 0.136. The number of hydrogen-bond acceptors (Lipinski definition) is 6. The van der Waals surface area contributed by atoms with Crippen LogP contribution in [0.3, 0.4) is 0 Å². The van der Waals surface area contributed by atoms with Crippen LogP contribution in [-0.4, -0.2) is 27.9 Å². The Labute approximate surface area is 180 Å². The highest BCUT2D eigenvalue weighted by molar-refractivity contribution is 7.92. The SMILES string of the molecule is Cc1cccc(S(=O)(=O)Nc2ccc(Oc3cc(-n4cnc(C)c4C)ncn3)cc2)c1. The highest BCUT2D eigenvalue weighted by Gasteiger charge is 2.14. The van der Waals surface area contributed by atoms with Crippen molar-refractivity contribution in [2.75, 3.05) is 4.72 Å². The van der Waals surface area contributed by atoms with Gasteiger partial charge in [-0.2, -0.15) is 0 Å². The van der Waals surface area contributed by atoms with E-state index in [9.17, 15) is 8.42 Å². The second-order valence-electron chi connectivity index (χ2n) is 7.05. The predicted molar refractivity (Wildman–Crippen MR) is 117 cm³/mol. The van der Waals surface area contributed by atoms with Crippen LogP contribution in [0.5, 0.6) is 11.6 Å². The lowest BCUT2D eigenvalue weighted by Gasteiger charge is -2.10. The molecule has 0 aliphatic heterocycles. The number of aromatic nitrogens is 4. The Bertz CT molecular complexity index is 1330. The van der Waals surface area contributed by atoms with Crippen molar-refractivity contribution in [3.05, 3.63) is 84.2 Å². The third kappa shape index (κ3) is 4.56. The van der Waals surface area contributed by atoms with Crippen molar-refractivity contribution < 1.29 is 13.2 Å². The summed E-state index contributed by atoms with van der Waals surface area (Å²) in [6.45, 7) is 5.74. The topological polar surface area (TPSA) is 99.0 Å². The zero-order chi connectivity index (χ0) is 22.0. The monoisotopic (exact) mass is 435 g/mol. The number of aryl methyl sites for hydroxylation is 2. The van der Waals surface area contributed by atoms with E-state index in [4.69, 9.17) is 4.74 Å². The quantitative estimate of drug-likeness (QED) is 0.488. The minimum atomic E-state index is -3.67. The molecule has 158 valence electrons. The van der Waals surface area contributed by atoms with E-state index in [0.29, 0.717) is 23.1 Å². The van der Waals surface area contributed by atoms with Crippen LogP contribution in [0.15, 0.2) is 72.1 Å². The molecule has 2 aromatic heterocycles. The lowest BCUT2D eigenvalue weighted by atomic mass is 10.2. The summed E-state index contributed by atoms with van der Waals surface area (Å²) < 4.78 is 35.4. The number of benzene rings is 2. The minimum Gasteiger partial charge on any atom is -0.439 e. The molecule has 0 radical (unpaired) electrons. The summed E-state index contributed by atoms with van der Waals surface area (Å²) in [4.78, 5) is 12.9. The summed E-state index contributed by atoms with van der Waals surface area (Å²) in [5.41, 5.74) is 3.21. The summed E-state index contributed by atoms with van der Waals surface area (Å²) in [7, 11) is -3.67. The van der Waals surface area contributed by atoms with Crippen molar-refractivity contribution in [1.82, 2.24) is 19.5 Å². The summed E-state index contributed by atoms with van der Waals surface area (Å²) >= 11 is 0. The maximum Gasteiger partial charge on any atom is 0.261 e. The van der Waals surface area contributed by atoms with Crippen LogP contribution in [0.2, 0.25) is 0 Å². The van der Waals surface area contributed by atoms with Gasteiger partial charge in [-0.3, -0.25) is 9.29 Å². The first kappa shape index (κ1) is 20.5. The lowest BCUT2D eigenvalue weighted by Crippen LogP contribution is -2.12. The third-order valence-electron chi connectivity index (χ3n) is 4.75. The summed E-state index contributed by atoms with van der Waals surface area (Å²) in [5.74, 6) is 1.52. The standard InChI is InChI=1S/C22H21N5O3S/c1-15-5-4-6-20(11-15)31(28,29)26-18-7-9-19(10-8-18)30-22-12-21(23-13-24-22)27-14-25-16(2)17(27)3/h4-14,26H,1-3H3. The molecule has 0 bridgehead atoms. The molecule has 0 saturated carbocycles. The van der Waals surface area contributed by atoms with E-state index in [2.05, 4.69) is 19.7 Å². The maximum absolute atomic E-state index is 12.6. The first-order chi connectivity index (χ1) is 14.8. The van der Waals surface area contributed by atoms with Crippen molar-refractivity contribution in [3.63, 3.8) is 0 Å². The van der Waals surface area contributed by atoms with Crippen LogP contribution in [0.1, 0.15) is 17.0 Å². The van der Waals surface area contributed by atoms with Gasteiger partial charge in [0.15, 0.2) is 0 Å². The lowest BCUT2D eigenvalue weighted by molar-refractivity contribution is 0.461. The van der Waals surface area contributed by atoms with E-state index in [1.165, 1.54) is 6.33 Å². The van der Waals surface area contributed by atoms with Gasteiger partial charge in [-0.15, -0.1) is 0 Å². The fourth-order valence-corrected chi connectivity index (χ4v) is 4.12. The molecule has 1 N–H and O–H groups in total. The van der Waals surface area contributed by atoms with E-state index in [-0.39, 0.29) is 4.90 Å². The van der Waals surface area contributed by atoms with E-state index < -0.39 is 10.0 Å².